The van der Waals surface area contributed by atoms with Crippen molar-refractivity contribution in [3.05, 3.63) is 54.3 Å². The van der Waals surface area contributed by atoms with Gasteiger partial charge >= 0.3 is 7.12 Å². The molecule has 0 unspecified atom stereocenters. The van der Waals surface area contributed by atoms with Gasteiger partial charge in [0.05, 0.1) is 0 Å². The van der Waals surface area contributed by atoms with Crippen LogP contribution in [-0.2, 0) is 0 Å². The molecule has 3 nitrogen and oxygen atoms in total. The fourth-order valence-corrected chi connectivity index (χ4v) is 1.42. The maximum Gasteiger partial charge on any atom is 0.492 e. The second-order valence-electron chi connectivity index (χ2n) is 3.47. The lowest BCUT2D eigenvalue weighted by Crippen LogP contribution is -2.30. The second kappa shape index (κ2) is 4.99. The predicted octanol–water partition coefficient (Wildman–Crippen LogP) is 1.30. The van der Waals surface area contributed by atoms with E-state index in [1.165, 1.54) is 24.3 Å². The van der Waals surface area contributed by atoms with Gasteiger partial charge in [-0.1, -0.05) is 18.2 Å². The van der Waals surface area contributed by atoms with Crippen molar-refractivity contribution in [3.63, 3.8) is 0 Å². The Morgan fingerprint density at radius 3 is 2.24 bits per heavy atom. The van der Waals surface area contributed by atoms with E-state index < -0.39 is 7.12 Å². The third-order valence-corrected chi connectivity index (χ3v) is 2.24. The van der Waals surface area contributed by atoms with E-state index in [0.717, 1.165) is 0 Å². The Morgan fingerprint density at radius 1 is 0.941 bits per heavy atom. The molecule has 0 aliphatic heterocycles. The molecule has 2 rings (SSSR count). The van der Waals surface area contributed by atoms with Crippen LogP contribution in [0, 0.1) is 5.82 Å². The van der Waals surface area contributed by atoms with Gasteiger partial charge in [-0.25, -0.2) is 4.39 Å². The number of ether oxygens (including phenoxy) is 1. The summed E-state index contributed by atoms with van der Waals surface area (Å²) >= 11 is 0. The van der Waals surface area contributed by atoms with Gasteiger partial charge in [-0.3, -0.25) is 0 Å². The first kappa shape index (κ1) is 11.6. The molecule has 0 fully saturated rings. The predicted molar refractivity (Wildman–Crippen MR) is 62.7 cm³/mol. The van der Waals surface area contributed by atoms with Crippen molar-refractivity contribution >= 4 is 12.6 Å². The highest BCUT2D eigenvalue weighted by Gasteiger charge is 2.16. The van der Waals surface area contributed by atoms with Crippen LogP contribution in [0.5, 0.6) is 11.5 Å². The summed E-state index contributed by atoms with van der Waals surface area (Å²) in [5, 5.41) is 18.3. The Hall–Kier alpha value is -1.85. The van der Waals surface area contributed by atoms with Gasteiger partial charge in [-0.15, -0.1) is 0 Å². The number of halogens is 1. The van der Waals surface area contributed by atoms with Gasteiger partial charge in [0, 0.05) is 5.46 Å². The van der Waals surface area contributed by atoms with Gasteiger partial charge in [0.2, 0.25) is 0 Å². The molecule has 2 aromatic carbocycles. The lowest BCUT2D eigenvalue weighted by atomic mass is 9.79. The molecule has 0 saturated carbocycles. The van der Waals surface area contributed by atoms with Crippen LogP contribution in [0.3, 0.4) is 0 Å². The van der Waals surface area contributed by atoms with Gasteiger partial charge < -0.3 is 14.8 Å². The molecule has 0 saturated heterocycles. The molecule has 2 aromatic rings. The summed E-state index contributed by atoms with van der Waals surface area (Å²) in [7, 11) is -1.60. The first-order chi connectivity index (χ1) is 8.16. The van der Waals surface area contributed by atoms with Crippen LogP contribution in [0.1, 0.15) is 0 Å². The normalized spacial score (nSPS) is 10.1. The van der Waals surface area contributed by atoms with E-state index in [-0.39, 0.29) is 11.3 Å². The SMILES string of the molecule is OB(O)c1ccccc1Oc1ccc(F)cc1. The van der Waals surface area contributed by atoms with Gasteiger partial charge in [-0.05, 0) is 30.3 Å². The summed E-state index contributed by atoms with van der Waals surface area (Å²) in [5.41, 5.74) is 0.261. The van der Waals surface area contributed by atoms with Crippen LogP contribution in [-0.4, -0.2) is 17.2 Å². The quantitative estimate of drug-likeness (QED) is 0.784. The Balaban J connectivity index is 2.26. The molecule has 86 valence electrons. The lowest BCUT2D eigenvalue weighted by Gasteiger charge is -2.10. The van der Waals surface area contributed by atoms with Crippen molar-refractivity contribution in [1.29, 1.82) is 0 Å². The molecule has 17 heavy (non-hydrogen) atoms. The summed E-state index contributed by atoms with van der Waals surface area (Å²) in [6.45, 7) is 0. The van der Waals surface area contributed by atoms with Crippen molar-refractivity contribution in [1.82, 2.24) is 0 Å². The summed E-state index contributed by atoms with van der Waals surface area (Å²) in [5.74, 6) is 0.404. The molecule has 0 heterocycles. The molecular formula is C12H10BFO3. The molecule has 0 aliphatic carbocycles. The zero-order chi connectivity index (χ0) is 12.3. The van der Waals surface area contributed by atoms with E-state index in [0.29, 0.717) is 11.5 Å². The molecule has 0 amide bonds. The van der Waals surface area contributed by atoms with Crippen LogP contribution in [0.4, 0.5) is 4.39 Å². The fourth-order valence-electron chi connectivity index (χ4n) is 1.42. The Bertz CT molecular complexity index is 499. The maximum atomic E-state index is 12.7. The van der Waals surface area contributed by atoms with E-state index >= 15 is 0 Å². The van der Waals surface area contributed by atoms with E-state index in [1.54, 1.807) is 24.3 Å². The molecule has 0 spiro atoms. The Labute approximate surface area is 98.2 Å². The molecule has 2 N–H and O–H groups in total. The van der Waals surface area contributed by atoms with Gasteiger partial charge in [0.25, 0.3) is 0 Å². The summed E-state index contributed by atoms with van der Waals surface area (Å²) < 4.78 is 18.1. The molecule has 0 aromatic heterocycles. The lowest BCUT2D eigenvalue weighted by molar-refractivity contribution is 0.420. The number of hydrogen-bond acceptors (Lipinski definition) is 3. The van der Waals surface area contributed by atoms with Crippen molar-refractivity contribution < 1.29 is 19.2 Å². The van der Waals surface area contributed by atoms with Crippen LogP contribution >= 0.6 is 0 Å². The topological polar surface area (TPSA) is 49.7 Å². The fraction of sp³-hybridized carbons (Fsp3) is 0. The van der Waals surface area contributed by atoms with Crippen molar-refractivity contribution in [2.75, 3.05) is 0 Å². The van der Waals surface area contributed by atoms with Crippen LogP contribution < -0.4 is 10.2 Å². The number of hydrogen-bond donors (Lipinski definition) is 2. The third-order valence-electron chi connectivity index (χ3n) is 2.24. The highest BCUT2D eigenvalue weighted by molar-refractivity contribution is 6.59. The minimum Gasteiger partial charge on any atom is -0.458 e. The van der Waals surface area contributed by atoms with Gasteiger partial charge in [-0.2, -0.15) is 0 Å². The van der Waals surface area contributed by atoms with E-state index in [9.17, 15) is 4.39 Å². The molecule has 0 radical (unpaired) electrons. The molecule has 0 bridgehead atoms. The largest absolute Gasteiger partial charge is 0.492 e. The van der Waals surface area contributed by atoms with Crippen molar-refractivity contribution in [3.8, 4) is 11.5 Å². The van der Waals surface area contributed by atoms with Crippen LogP contribution in [0.2, 0.25) is 0 Å². The number of para-hydroxylation sites is 1. The van der Waals surface area contributed by atoms with Gasteiger partial charge in [0.1, 0.15) is 17.3 Å². The molecule has 0 atom stereocenters. The van der Waals surface area contributed by atoms with Crippen LogP contribution in [0.25, 0.3) is 0 Å². The highest BCUT2D eigenvalue weighted by atomic mass is 19.1. The zero-order valence-electron chi connectivity index (χ0n) is 8.88. The zero-order valence-corrected chi connectivity index (χ0v) is 8.88. The highest BCUT2D eigenvalue weighted by Crippen LogP contribution is 2.19. The van der Waals surface area contributed by atoms with E-state index in [4.69, 9.17) is 14.8 Å². The molecule has 0 aliphatic rings. The van der Waals surface area contributed by atoms with Crippen molar-refractivity contribution in [2.24, 2.45) is 0 Å². The first-order valence-electron chi connectivity index (χ1n) is 5.05. The number of benzene rings is 2. The van der Waals surface area contributed by atoms with E-state index in [1.807, 2.05) is 0 Å². The Kier molecular flexibility index (Phi) is 3.42. The van der Waals surface area contributed by atoms with Crippen LogP contribution in [0.15, 0.2) is 48.5 Å². The number of rotatable bonds is 3. The first-order valence-corrected chi connectivity index (χ1v) is 5.05. The van der Waals surface area contributed by atoms with E-state index in [2.05, 4.69) is 0 Å². The monoisotopic (exact) mass is 232 g/mol. The van der Waals surface area contributed by atoms with Gasteiger partial charge in [0.15, 0.2) is 0 Å². The molecule has 5 heteroatoms. The third kappa shape index (κ3) is 2.84. The summed E-state index contributed by atoms with van der Waals surface area (Å²) in [6.07, 6.45) is 0. The maximum absolute atomic E-state index is 12.7. The smallest absolute Gasteiger partial charge is 0.458 e. The standard InChI is InChI=1S/C12H10BFO3/c14-9-5-7-10(8-6-9)17-12-4-2-1-3-11(12)13(15)16/h1-8,15-16H. The van der Waals surface area contributed by atoms with Crippen molar-refractivity contribution in [2.45, 2.75) is 0 Å². The minimum absolute atomic E-state index is 0.261. The summed E-state index contributed by atoms with van der Waals surface area (Å²) in [6, 6.07) is 12.0. The second-order valence-corrected chi connectivity index (χ2v) is 3.47. The summed E-state index contributed by atoms with van der Waals surface area (Å²) in [4.78, 5) is 0. The average molecular weight is 232 g/mol. The Morgan fingerprint density at radius 2 is 1.59 bits per heavy atom. The average Bonchev–Trinajstić information content (AvgIpc) is 2.32. The minimum atomic E-state index is -1.60. The molecular weight excluding hydrogens is 222 g/mol.